The predicted octanol–water partition coefficient (Wildman–Crippen LogP) is 0.327. The van der Waals surface area contributed by atoms with Gasteiger partial charge in [0.15, 0.2) is 0 Å². The number of benzene rings is 1. The maximum atomic E-state index is 12.2. The minimum absolute atomic E-state index is 0.0389. The number of amides is 1. The Labute approximate surface area is 101 Å². The van der Waals surface area contributed by atoms with Gasteiger partial charge in [-0.2, -0.15) is 0 Å². The first-order valence-electron chi connectivity index (χ1n) is 5.63. The van der Waals surface area contributed by atoms with Crippen molar-refractivity contribution in [2.24, 2.45) is 5.84 Å². The van der Waals surface area contributed by atoms with E-state index in [-0.39, 0.29) is 5.91 Å². The zero-order chi connectivity index (χ0) is 12.3. The van der Waals surface area contributed by atoms with Crippen molar-refractivity contribution in [3.63, 3.8) is 0 Å². The molecular weight excluding hydrogens is 218 g/mol. The number of methoxy groups -OCH3 is 1. The third-order valence-corrected chi connectivity index (χ3v) is 2.92. The fourth-order valence-corrected chi connectivity index (χ4v) is 1.86. The quantitative estimate of drug-likeness (QED) is 0.750. The van der Waals surface area contributed by atoms with Crippen LogP contribution in [0.1, 0.15) is 10.4 Å². The molecule has 0 aromatic heterocycles. The molecule has 1 saturated heterocycles. The van der Waals surface area contributed by atoms with Gasteiger partial charge in [-0.3, -0.25) is 10.6 Å². The average molecular weight is 235 g/mol. The van der Waals surface area contributed by atoms with Gasteiger partial charge in [-0.05, 0) is 18.2 Å². The summed E-state index contributed by atoms with van der Waals surface area (Å²) in [4.78, 5) is 14.0. The van der Waals surface area contributed by atoms with Crippen LogP contribution in [0.25, 0.3) is 0 Å². The Hall–Kier alpha value is -1.59. The van der Waals surface area contributed by atoms with Crippen LogP contribution in [0, 0.1) is 0 Å². The van der Waals surface area contributed by atoms with E-state index in [1.807, 2.05) is 17.0 Å². The van der Waals surface area contributed by atoms with Crippen molar-refractivity contribution >= 4 is 5.91 Å². The molecule has 1 aromatic rings. The third-order valence-electron chi connectivity index (χ3n) is 2.92. The Morgan fingerprint density at radius 2 is 2.00 bits per heavy atom. The first kappa shape index (κ1) is 11.9. The third kappa shape index (κ3) is 2.75. The predicted molar refractivity (Wildman–Crippen MR) is 64.7 cm³/mol. The number of ether oxygens (including phenoxy) is 1. The molecule has 0 bridgehead atoms. The highest BCUT2D eigenvalue weighted by atomic mass is 16.5. The van der Waals surface area contributed by atoms with Crippen LogP contribution in [0.2, 0.25) is 0 Å². The van der Waals surface area contributed by atoms with Gasteiger partial charge in [0.1, 0.15) is 5.75 Å². The van der Waals surface area contributed by atoms with Crippen LogP contribution < -0.4 is 10.6 Å². The van der Waals surface area contributed by atoms with E-state index in [9.17, 15) is 4.79 Å². The van der Waals surface area contributed by atoms with Gasteiger partial charge in [-0.1, -0.05) is 6.07 Å². The molecule has 1 aliphatic heterocycles. The summed E-state index contributed by atoms with van der Waals surface area (Å²) in [5, 5.41) is 1.73. The molecule has 5 heteroatoms. The number of rotatable bonds is 2. The van der Waals surface area contributed by atoms with Gasteiger partial charge in [0, 0.05) is 31.7 Å². The van der Waals surface area contributed by atoms with E-state index >= 15 is 0 Å². The molecule has 0 spiro atoms. The lowest BCUT2D eigenvalue weighted by Crippen LogP contribution is -2.51. The molecule has 1 fully saturated rings. The molecule has 0 saturated carbocycles. The number of carbonyl (C=O) groups is 1. The molecule has 17 heavy (non-hydrogen) atoms. The van der Waals surface area contributed by atoms with E-state index in [1.165, 1.54) is 0 Å². The molecule has 0 aliphatic carbocycles. The standard InChI is InChI=1S/C12H17N3O2/c1-17-11-4-2-3-10(9-11)12(16)14-5-7-15(13)8-6-14/h2-4,9H,5-8,13H2,1H3. The van der Waals surface area contributed by atoms with Crippen molar-refractivity contribution < 1.29 is 9.53 Å². The van der Waals surface area contributed by atoms with Crippen molar-refractivity contribution in [1.29, 1.82) is 0 Å². The Bertz CT molecular complexity index is 400. The fourth-order valence-electron chi connectivity index (χ4n) is 1.86. The molecule has 92 valence electrons. The maximum Gasteiger partial charge on any atom is 0.254 e. The SMILES string of the molecule is COc1cccc(C(=O)N2CCN(N)CC2)c1. The van der Waals surface area contributed by atoms with Gasteiger partial charge in [0.2, 0.25) is 0 Å². The van der Waals surface area contributed by atoms with Gasteiger partial charge >= 0.3 is 0 Å². The van der Waals surface area contributed by atoms with Gasteiger partial charge in [-0.25, -0.2) is 5.01 Å². The highest BCUT2D eigenvalue weighted by Crippen LogP contribution is 2.15. The molecule has 1 heterocycles. The van der Waals surface area contributed by atoms with Crippen LogP contribution in [-0.2, 0) is 0 Å². The normalized spacial score (nSPS) is 16.9. The number of nitrogens with zero attached hydrogens (tertiary/aromatic N) is 2. The van der Waals surface area contributed by atoms with Crippen LogP contribution in [0.4, 0.5) is 0 Å². The number of hydrogen-bond donors (Lipinski definition) is 1. The van der Waals surface area contributed by atoms with Crippen LogP contribution in [-0.4, -0.2) is 49.1 Å². The molecule has 1 amide bonds. The monoisotopic (exact) mass is 235 g/mol. The lowest BCUT2D eigenvalue weighted by molar-refractivity contribution is 0.0637. The number of piperazine rings is 1. The van der Waals surface area contributed by atoms with E-state index in [2.05, 4.69) is 0 Å². The molecule has 1 aromatic carbocycles. The highest BCUT2D eigenvalue weighted by Gasteiger charge is 2.20. The molecule has 2 rings (SSSR count). The van der Waals surface area contributed by atoms with E-state index < -0.39 is 0 Å². The summed E-state index contributed by atoms with van der Waals surface area (Å²) in [7, 11) is 1.59. The second kappa shape index (κ2) is 5.16. The van der Waals surface area contributed by atoms with Gasteiger partial charge < -0.3 is 9.64 Å². The minimum Gasteiger partial charge on any atom is -0.497 e. The van der Waals surface area contributed by atoms with Crippen molar-refractivity contribution in [3.8, 4) is 5.75 Å². The van der Waals surface area contributed by atoms with Crippen molar-refractivity contribution in [3.05, 3.63) is 29.8 Å². The highest BCUT2D eigenvalue weighted by molar-refractivity contribution is 5.94. The summed E-state index contributed by atoms with van der Waals surface area (Å²) < 4.78 is 5.11. The second-order valence-electron chi connectivity index (χ2n) is 4.06. The Kier molecular flexibility index (Phi) is 3.61. The summed E-state index contributed by atoms with van der Waals surface area (Å²) in [5.74, 6) is 6.40. The van der Waals surface area contributed by atoms with E-state index in [0.717, 1.165) is 13.1 Å². The van der Waals surface area contributed by atoms with Crippen LogP contribution in [0.5, 0.6) is 5.75 Å². The number of hydrogen-bond acceptors (Lipinski definition) is 4. The van der Waals surface area contributed by atoms with E-state index in [1.54, 1.807) is 24.3 Å². The zero-order valence-corrected chi connectivity index (χ0v) is 9.93. The molecule has 0 atom stereocenters. The Morgan fingerprint density at radius 1 is 1.29 bits per heavy atom. The number of carbonyl (C=O) groups excluding carboxylic acids is 1. The smallest absolute Gasteiger partial charge is 0.254 e. The van der Waals surface area contributed by atoms with Crippen LogP contribution in [0.3, 0.4) is 0 Å². The van der Waals surface area contributed by atoms with Crippen molar-refractivity contribution in [1.82, 2.24) is 9.91 Å². The van der Waals surface area contributed by atoms with Gasteiger partial charge in [0.05, 0.1) is 7.11 Å². The molecule has 5 nitrogen and oxygen atoms in total. The first-order chi connectivity index (χ1) is 8.20. The molecule has 0 radical (unpaired) electrons. The first-order valence-corrected chi connectivity index (χ1v) is 5.63. The van der Waals surface area contributed by atoms with Gasteiger partial charge in [-0.15, -0.1) is 0 Å². The van der Waals surface area contributed by atoms with Crippen LogP contribution >= 0.6 is 0 Å². The van der Waals surface area contributed by atoms with Crippen molar-refractivity contribution in [2.45, 2.75) is 0 Å². The average Bonchev–Trinajstić information content (AvgIpc) is 2.39. The lowest BCUT2D eigenvalue weighted by atomic mass is 10.1. The minimum atomic E-state index is 0.0389. The summed E-state index contributed by atoms with van der Waals surface area (Å²) in [6.07, 6.45) is 0. The second-order valence-corrected chi connectivity index (χ2v) is 4.06. The van der Waals surface area contributed by atoms with Crippen LogP contribution in [0.15, 0.2) is 24.3 Å². The zero-order valence-electron chi connectivity index (χ0n) is 9.93. The van der Waals surface area contributed by atoms with E-state index in [0.29, 0.717) is 24.4 Å². The summed E-state index contributed by atoms with van der Waals surface area (Å²) in [6.45, 7) is 2.78. The summed E-state index contributed by atoms with van der Waals surface area (Å²) >= 11 is 0. The summed E-state index contributed by atoms with van der Waals surface area (Å²) in [5.41, 5.74) is 0.662. The topological polar surface area (TPSA) is 58.8 Å². The molecule has 0 unspecified atom stereocenters. The molecule has 2 N–H and O–H groups in total. The van der Waals surface area contributed by atoms with E-state index in [4.69, 9.17) is 10.6 Å². The maximum absolute atomic E-state index is 12.2. The Morgan fingerprint density at radius 3 is 2.65 bits per heavy atom. The molecule has 1 aliphatic rings. The largest absolute Gasteiger partial charge is 0.497 e. The lowest BCUT2D eigenvalue weighted by Gasteiger charge is -2.32. The summed E-state index contributed by atoms with van der Waals surface area (Å²) in [6, 6.07) is 7.22. The Balaban J connectivity index is 2.08. The van der Waals surface area contributed by atoms with Crippen molar-refractivity contribution in [2.75, 3.05) is 33.3 Å². The number of hydrazine groups is 1. The van der Waals surface area contributed by atoms with Gasteiger partial charge in [0.25, 0.3) is 5.91 Å². The number of nitrogens with two attached hydrogens (primary N) is 1. The molecular formula is C12H17N3O2. The fraction of sp³-hybridized carbons (Fsp3) is 0.417.